The minimum Gasteiger partial charge on any atom is -0.248 e. The fourth-order valence-electron chi connectivity index (χ4n) is 3.40. The Bertz CT molecular complexity index is 1350. The number of fused-ring (bicyclic) bond motifs is 5. The lowest BCUT2D eigenvalue weighted by Crippen LogP contribution is -2.22. The molecule has 0 aliphatic heterocycles. The zero-order valence-corrected chi connectivity index (χ0v) is 15.1. The Kier molecular flexibility index (Phi) is 3.49. The topological polar surface area (TPSA) is 78.2 Å². The first kappa shape index (κ1) is 15.7. The van der Waals surface area contributed by atoms with Crippen LogP contribution in [-0.4, -0.2) is 34.2 Å². The van der Waals surface area contributed by atoms with E-state index in [1.54, 1.807) is 10.7 Å². The molecule has 4 heterocycles. The van der Waals surface area contributed by atoms with E-state index in [-0.39, 0.29) is 0 Å². The second-order valence-electron chi connectivity index (χ2n) is 6.22. The number of aryl methyl sites for hydroxylation is 2. The summed E-state index contributed by atoms with van der Waals surface area (Å²) < 4.78 is 5.50. The molecule has 0 N–H and O–H groups in total. The molecule has 0 spiro atoms. The molecule has 5 aromatic rings. The fourth-order valence-corrected chi connectivity index (χ4v) is 3.40. The standard InChI is InChI=1S/C19H18N8/c1-3-25-16(9-10-20-25)23-19-24-18-15(12-21-26(18)4-2)17-14-8-6-5-7-13(14)11-22-27(17)19/h5-12H,3-4H2,1-2H3/b23-19-. The van der Waals surface area contributed by atoms with Crippen molar-refractivity contribution in [2.45, 2.75) is 26.9 Å². The Morgan fingerprint density at radius 1 is 0.889 bits per heavy atom. The third-order valence-electron chi connectivity index (χ3n) is 4.71. The molecule has 0 saturated carbocycles. The van der Waals surface area contributed by atoms with Gasteiger partial charge in [-0.25, -0.2) is 9.36 Å². The summed E-state index contributed by atoms with van der Waals surface area (Å²) in [6, 6.07) is 10.1. The highest BCUT2D eigenvalue weighted by Crippen LogP contribution is 2.24. The lowest BCUT2D eigenvalue weighted by molar-refractivity contribution is 0.656. The van der Waals surface area contributed by atoms with Crippen LogP contribution in [0.3, 0.4) is 0 Å². The molecule has 8 nitrogen and oxygen atoms in total. The molecule has 27 heavy (non-hydrogen) atoms. The Labute approximate surface area is 154 Å². The lowest BCUT2D eigenvalue weighted by atomic mass is 10.1. The Morgan fingerprint density at radius 3 is 2.59 bits per heavy atom. The molecule has 0 aliphatic rings. The Balaban J connectivity index is 1.99. The van der Waals surface area contributed by atoms with Crippen LogP contribution >= 0.6 is 0 Å². The molecule has 0 amide bonds. The SMILES string of the molecule is CCn1nccc1/N=c1/nc2c(cnn2CC)c2c3ccccc3cnn12. The summed E-state index contributed by atoms with van der Waals surface area (Å²) in [5.74, 6) is 0.746. The Hall–Kier alpha value is -3.55. The molecular formula is C19H18N8. The van der Waals surface area contributed by atoms with Crippen LogP contribution in [0.2, 0.25) is 0 Å². The molecule has 5 rings (SSSR count). The van der Waals surface area contributed by atoms with Crippen molar-refractivity contribution >= 4 is 33.1 Å². The lowest BCUT2D eigenvalue weighted by Gasteiger charge is -2.07. The molecule has 0 saturated heterocycles. The van der Waals surface area contributed by atoms with Crippen molar-refractivity contribution in [2.75, 3.05) is 0 Å². The predicted molar refractivity (Wildman–Crippen MR) is 103 cm³/mol. The van der Waals surface area contributed by atoms with Gasteiger partial charge in [-0.15, -0.1) is 0 Å². The maximum absolute atomic E-state index is 4.78. The number of nitrogens with zero attached hydrogens (tertiary/aromatic N) is 8. The zero-order valence-electron chi connectivity index (χ0n) is 15.1. The van der Waals surface area contributed by atoms with Gasteiger partial charge < -0.3 is 0 Å². The van der Waals surface area contributed by atoms with E-state index in [0.29, 0.717) is 5.62 Å². The van der Waals surface area contributed by atoms with Gasteiger partial charge in [0.25, 0.3) is 5.62 Å². The predicted octanol–water partition coefficient (Wildman–Crippen LogP) is 2.70. The van der Waals surface area contributed by atoms with Crippen LogP contribution in [0.25, 0.3) is 27.3 Å². The van der Waals surface area contributed by atoms with E-state index in [1.165, 1.54) is 0 Å². The van der Waals surface area contributed by atoms with Gasteiger partial charge in [-0.05, 0) is 13.8 Å². The Morgan fingerprint density at radius 2 is 1.74 bits per heavy atom. The maximum atomic E-state index is 4.78. The van der Waals surface area contributed by atoms with E-state index in [9.17, 15) is 0 Å². The van der Waals surface area contributed by atoms with Gasteiger partial charge in [0.15, 0.2) is 11.5 Å². The van der Waals surface area contributed by atoms with Crippen LogP contribution in [-0.2, 0) is 13.1 Å². The highest BCUT2D eigenvalue weighted by Gasteiger charge is 2.13. The molecule has 0 radical (unpaired) electrons. The number of hydrogen-bond acceptors (Lipinski definition) is 5. The first-order valence-electron chi connectivity index (χ1n) is 8.99. The smallest absolute Gasteiger partial charge is 0.248 e. The van der Waals surface area contributed by atoms with Crippen LogP contribution in [0.4, 0.5) is 5.82 Å². The van der Waals surface area contributed by atoms with Gasteiger partial charge in [0.1, 0.15) is 0 Å². The number of benzene rings is 1. The molecule has 0 fully saturated rings. The van der Waals surface area contributed by atoms with E-state index in [0.717, 1.165) is 46.2 Å². The van der Waals surface area contributed by atoms with Crippen molar-refractivity contribution in [3.8, 4) is 0 Å². The van der Waals surface area contributed by atoms with Gasteiger partial charge in [0, 0.05) is 29.9 Å². The first-order valence-corrected chi connectivity index (χ1v) is 8.99. The number of rotatable bonds is 3. The molecule has 0 aliphatic carbocycles. The number of hydrogen-bond donors (Lipinski definition) is 0. The quantitative estimate of drug-likeness (QED) is 0.465. The summed E-state index contributed by atoms with van der Waals surface area (Å²) in [5.41, 5.74) is 2.27. The summed E-state index contributed by atoms with van der Waals surface area (Å²) >= 11 is 0. The van der Waals surface area contributed by atoms with Gasteiger partial charge >= 0.3 is 0 Å². The third kappa shape index (κ3) is 2.33. The first-order chi connectivity index (χ1) is 13.3. The molecule has 8 heteroatoms. The monoisotopic (exact) mass is 358 g/mol. The van der Waals surface area contributed by atoms with Gasteiger partial charge in [0.05, 0.1) is 29.5 Å². The molecule has 0 unspecified atom stereocenters. The van der Waals surface area contributed by atoms with Crippen molar-refractivity contribution in [1.82, 2.24) is 34.2 Å². The summed E-state index contributed by atoms with van der Waals surface area (Å²) in [6.07, 6.45) is 5.44. The second-order valence-corrected chi connectivity index (χ2v) is 6.22. The van der Waals surface area contributed by atoms with E-state index >= 15 is 0 Å². The van der Waals surface area contributed by atoms with Crippen molar-refractivity contribution < 1.29 is 0 Å². The molecule has 134 valence electrons. The summed E-state index contributed by atoms with van der Waals surface area (Å²) in [6.45, 7) is 5.55. The minimum absolute atomic E-state index is 0.508. The maximum Gasteiger partial charge on any atom is 0.255 e. The summed E-state index contributed by atoms with van der Waals surface area (Å²) in [4.78, 5) is 9.55. The van der Waals surface area contributed by atoms with Gasteiger partial charge in [0.2, 0.25) is 0 Å². The van der Waals surface area contributed by atoms with E-state index in [1.807, 2.05) is 46.9 Å². The second kappa shape index (κ2) is 6.01. The molecule has 4 aromatic heterocycles. The molecular weight excluding hydrogens is 340 g/mol. The van der Waals surface area contributed by atoms with Gasteiger partial charge in [-0.3, -0.25) is 0 Å². The van der Waals surface area contributed by atoms with Gasteiger partial charge in [-0.1, -0.05) is 24.3 Å². The molecule has 0 atom stereocenters. The summed E-state index contributed by atoms with van der Waals surface area (Å²) in [5, 5.41) is 16.5. The van der Waals surface area contributed by atoms with Crippen LogP contribution in [0, 0.1) is 0 Å². The highest BCUT2D eigenvalue weighted by molar-refractivity contribution is 6.07. The number of aromatic nitrogens is 7. The summed E-state index contributed by atoms with van der Waals surface area (Å²) in [7, 11) is 0. The van der Waals surface area contributed by atoms with Crippen LogP contribution in [0.5, 0.6) is 0 Å². The van der Waals surface area contributed by atoms with Crippen molar-refractivity contribution in [2.24, 2.45) is 4.99 Å². The molecule has 1 aromatic carbocycles. The average Bonchev–Trinajstić information content (AvgIpc) is 3.33. The van der Waals surface area contributed by atoms with Crippen LogP contribution in [0.1, 0.15) is 13.8 Å². The minimum atomic E-state index is 0.508. The van der Waals surface area contributed by atoms with E-state index < -0.39 is 0 Å². The third-order valence-corrected chi connectivity index (χ3v) is 4.71. The highest BCUT2D eigenvalue weighted by atomic mass is 15.3. The van der Waals surface area contributed by atoms with E-state index in [2.05, 4.69) is 34.4 Å². The van der Waals surface area contributed by atoms with Crippen molar-refractivity contribution in [3.05, 3.63) is 54.5 Å². The van der Waals surface area contributed by atoms with Crippen molar-refractivity contribution in [1.29, 1.82) is 0 Å². The normalized spacial score (nSPS) is 12.6. The zero-order chi connectivity index (χ0) is 18.4. The fraction of sp³-hybridized carbons (Fsp3) is 0.211. The van der Waals surface area contributed by atoms with E-state index in [4.69, 9.17) is 9.98 Å². The van der Waals surface area contributed by atoms with Crippen LogP contribution in [0.15, 0.2) is 53.9 Å². The largest absolute Gasteiger partial charge is 0.255 e. The van der Waals surface area contributed by atoms with Gasteiger partial charge in [-0.2, -0.15) is 29.8 Å². The average molecular weight is 358 g/mol. The molecule has 0 bridgehead atoms. The van der Waals surface area contributed by atoms with Crippen LogP contribution < -0.4 is 5.62 Å². The van der Waals surface area contributed by atoms with Crippen molar-refractivity contribution in [3.63, 3.8) is 0 Å².